The first-order chi connectivity index (χ1) is 13.9. The molecule has 3 aromatic rings. The smallest absolute Gasteiger partial charge is 0.238 e. The first-order valence-corrected chi connectivity index (χ1v) is 12.0. The van der Waals surface area contributed by atoms with Crippen molar-refractivity contribution < 1.29 is 21.6 Å². The summed E-state index contributed by atoms with van der Waals surface area (Å²) < 4.78 is 45.8. The van der Waals surface area contributed by atoms with Crippen LogP contribution in [0, 0.1) is 0 Å². The molecule has 0 saturated heterocycles. The van der Waals surface area contributed by atoms with Crippen LogP contribution in [-0.4, -0.2) is 38.8 Å². The van der Waals surface area contributed by atoms with Gasteiger partial charge >= 0.3 is 0 Å². The maximum atomic E-state index is 12.7. The summed E-state index contributed by atoms with van der Waals surface area (Å²) in [6.07, 6.45) is 2.43. The van der Waals surface area contributed by atoms with Crippen molar-refractivity contribution in [3.8, 4) is 11.3 Å². The molecule has 0 spiro atoms. The van der Waals surface area contributed by atoms with Crippen LogP contribution < -0.4 is 10.9 Å². The highest BCUT2D eigenvalue weighted by molar-refractivity contribution is 7.90. The predicted octanol–water partition coefficient (Wildman–Crippen LogP) is 1.20. The second kappa shape index (κ2) is 7.94. The standard InChI is InChI=1S/C19H18N4O5S2/c1-29(25,26)14-8-4-13(5-9-14)16-11-22-19(20)18(23-16)17(24)10-12-2-6-15(7-3-12)30(21,27)28/h2-9,11H,10H2,1H3,(H2,20,22)(H2,21,27,28). The third-order valence-electron chi connectivity index (χ3n) is 4.26. The zero-order chi connectivity index (χ0) is 22.1. The van der Waals surface area contributed by atoms with Crippen molar-refractivity contribution >= 4 is 31.5 Å². The highest BCUT2D eigenvalue weighted by atomic mass is 32.2. The monoisotopic (exact) mass is 446 g/mol. The van der Waals surface area contributed by atoms with Gasteiger partial charge in [-0.1, -0.05) is 24.3 Å². The summed E-state index contributed by atoms with van der Waals surface area (Å²) in [6.45, 7) is 0. The normalized spacial score (nSPS) is 11.9. The zero-order valence-corrected chi connectivity index (χ0v) is 17.4. The van der Waals surface area contributed by atoms with Gasteiger partial charge in [0.2, 0.25) is 10.0 Å². The van der Waals surface area contributed by atoms with Gasteiger partial charge in [0.25, 0.3) is 0 Å². The van der Waals surface area contributed by atoms with Gasteiger partial charge in [-0.2, -0.15) is 0 Å². The lowest BCUT2D eigenvalue weighted by molar-refractivity contribution is 0.0989. The molecule has 156 valence electrons. The molecule has 0 saturated carbocycles. The minimum Gasteiger partial charge on any atom is -0.382 e. The molecule has 11 heteroatoms. The van der Waals surface area contributed by atoms with E-state index in [0.717, 1.165) is 6.26 Å². The number of nitrogen functional groups attached to an aromatic ring is 1. The van der Waals surface area contributed by atoms with Crippen LogP contribution in [0.4, 0.5) is 5.82 Å². The molecule has 0 aliphatic heterocycles. The number of primary sulfonamides is 1. The Morgan fingerprint density at radius 3 is 2.03 bits per heavy atom. The van der Waals surface area contributed by atoms with Crippen LogP contribution in [0.25, 0.3) is 11.3 Å². The molecule has 1 heterocycles. The fraction of sp³-hybridized carbons (Fsp3) is 0.105. The minimum absolute atomic E-state index is 0.0322. The van der Waals surface area contributed by atoms with Crippen molar-refractivity contribution in [3.63, 3.8) is 0 Å². The molecule has 2 aromatic carbocycles. The van der Waals surface area contributed by atoms with Crippen LogP contribution in [0.1, 0.15) is 16.1 Å². The van der Waals surface area contributed by atoms with Gasteiger partial charge in [0.1, 0.15) is 5.69 Å². The average Bonchev–Trinajstić information content (AvgIpc) is 2.67. The van der Waals surface area contributed by atoms with Crippen LogP contribution in [-0.2, 0) is 26.3 Å². The Morgan fingerprint density at radius 1 is 0.933 bits per heavy atom. The molecule has 0 atom stereocenters. The number of anilines is 1. The number of sulfone groups is 1. The van der Waals surface area contributed by atoms with E-state index in [1.807, 2.05) is 0 Å². The lowest BCUT2D eigenvalue weighted by Gasteiger charge is -2.08. The number of carbonyl (C=O) groups is 1. The molecule has 0 fully saturated rings. The van der Waals surface area contributed by atoms with E-state index in [-0.39, 0.29) is 27.7 Å². The number of sulfonamides is 1. The number of aromatic nitrogens is 2. The van der Waals surface area contributed by atoms with Crippen molar-refractivity contribution in [2.45, 2.75) is 16.2 Å². The Labute approximate surface area is 173 Å². The molecule has 0 radical (unpaired) electrons. The fourth-order valence-corrected chi connectivity index (χ4v) is 3.83. The van der Waals surface area contributed by atoms with E-state index in [4.69, 9.17) is 10.9 Å². The van der Waals surface area contributed by atoms with E-state index >= 15 is 0 Å². The SMILES string of the molecule is CS(=O)(=O)c1ccc(-c2cnc(N)c(C(=O)Cc3ccc(S(N)(=O)=O)cc3)n2)cc1. The number of nitrogens with two attached hydrogens (primary N) is 2. The third-order valence-corrected chi connectivity index (χ3v) is 6.32. The molecule has 4 N–H and O–H groups in total. The van der Waals surface area contributed by atoms with Crippen molar-refractivity contribution in [2.75, 3.05) is 12.0 Å². The van der Waals surface area contributed by atoms with Gasteiger partial charge in [0, 0.05) is 18.2 Å². The molecular formula is C19H18N4O5S2. The van der Waals surface area contributed by atoms with E-state index in [1.54, 1.807) is 12.1 Å². The Hall–Kier alpha value is -3.15. The first-order valence-electron chi connectivity index (χ1n) is 8.53. The minimum atomic E-state index is -3.82. The summed E-state index contributed by atoms with van der Waals surface area (Å²) in [4.78, 5) is 21.1. The topological polar surface area (TPSA) is 163 Å². The van der Waals surface area contributed by atoms with Crippen molar-refractivity contribution in [1.29, 1.82) is 0 Å². The zero-order valence-electron chi connectivity index (χ0n) is 15.8. The molecule has 9 nitrogen and oxygen atoms in total. The van der Waals surface area contributed by atoms with E-state index in [1.165, 1.54) is 42.6 Å². The maximum Gasteiger partial charge on any atom is 0.238 e. The Bertz CT molecular complexity index is 1320. The van der Waals surface area contributed by atoms with Gasteiger partial charge in [-0.05, 0) is 29.8 Å². The molecule has 30 heavy (non-hydrogen) atoms. The summed E-state index contributed by atoms with van der Waals surface area (Å²) in [5.74, 6) is -0.448. The lowest BCUT2D eigenvalue weighted by Crippen LogP contribution is -2.13. The number of carbonyl (C=O) groups excluding carboxylic acids is 1. The van der Waals surface area contributed by atoms with Crippen LogP contribution in [0.5, 0.6) is 0 Å². The Balaban J connectivity index is 1.87. The van der Waals surface area contributed by atoms with Crippen LogP contribution in [0.15, 0.2) is 64.5 Å². The van der Waals surface area contributed by atoms with Gasteiger partial charge in [-0.25, -0.2) is 31.9 Å². The number of hydrogen-bond acceptors (Lipinski definition) is 8. The lowest BCUT2D eigenvalue weighted by atomic mass is 10.1. The molecule has 0 aliphatic rings. The Morgan fingerprint density at radius 2 is 1.50 bits per heavy atom. The van der Waals surface area contributed by atoms with Crippen LogP contribution >= 0.6 is 0 Å². The van der Waals surface area contributed by atoms with Crippen LogP contribution in [0.3, 0.4) is 0 Å². The number of nitrogens with zero attached hydrogens (tertiary/aromatic N) is 2. The van der Waals surface area contributed by atoms with Gasteiger partial charge in [0.05, 0.1) is 21.7 Å². The highest BCUT2D eigenvalue weighted by Gasteiger charge is 2.16. The Kier molecular flexibility index (Phi) is 5.70. The summed E-state index contributed by atoms with van der Waals surface area (Å²) >= 11 is 0. The maximum absolute atomic E-state index is 12.7. The van der Waals surface area contributed by atoms with Gasteiger partial charge < -0.3 is 5.73 Å². The first kappa shape index (κ1) is 21.6. The fourth-order valence-electron chi connectivity index (χ4n) is 2.68. The third kappa shape index (κ3) is 4.87. The summed E-state index contributed by atoms with van der Waals surface area (Å²) in [5.41, 5.74) is 7.26. The molecular weight excluding hydrogens is 428 g/mol. The summed E-state index contributed by atoms with van der Waals surface area (Å²) in [5, 5.41) is 5.06. The molecule has 0 unspecified atom stereocenters. The predicted molar refractivity (Wildman–Crippen MR) is 111 cm³/mol. The number of hydrogen-bond donors (Lipinski definition) is 2. The van der Waals surface area contributed by atoms with Crippen molar-refractivity contribution in [1.82, 2.24) is 9.97 Å². The highest BCUT2D eigenvalue weighted by Crippen LogP contribution is 2.22. The second-order valence-corrected chi connectivity index (χ2v) is 10.2. The van der Waals surface area contributed by atoms with Crippen molar-refractivity contribution in [2.24, 2.45) is 5.14 Å². The van der Waals surface area contributed by atoms with Crippen LogP contribution in [0.2, 0.25) is 0 Å². The number of benzene rings is 2. The number of rotatable bonds is 6. The molecule has 0 aliphatic carbocycles. The number of ketones is 1. The summed E-state index contributed by atoms with van der Waals surface area (Å²) in [7, 11) is -7.15. The summed E-state index contributed by atoms with van der Waals surface area (Å²) in [6, 6.07) is 11.6. The molecule has 3 rings (SSSR count). The van der Waals surface area contributed by atoms with Crippen molar-refractivity contribution in [3.05, 3.63) is 66.0 Å². The van der Waals surface area contributed by atoms with Gasteiger partial charge in [-0.3, -0.25) is 4.79 Å². The van der Waals surface area contributed by atoms with Gasteiger partial charge in [0.15, 0.2) is 21.4 Å². The molecule has 0 bridgehead atoms. The quantitative estimate of drug-likeness (QED) is 0.533. The largest absolute Gasteiger partial charge is 0.382 e. The van der Waals surface area contributed by atoms with Gasteiger partial charge in [-0.15, -0.1) is 0 Å². The van der Waals surface area contributed by atoms with E-state index < -0.39 is 25.6 Å². The molecule has 0 amide bonds. The molecule has 1 aromatic heterocycles. The van der Waals surface area contributed by atoms with E-state index in [2.05, 4.69) is 9.97 Å². The average molecular weight is 447 g/mol. The van der Waals surface area contributed by atoms with E-state index in [0.29, 0.717) is 16.8 Å². The second-order valence-electron chi connectivity index (χ2n) is 6.57. The number of Topliss-reactive ketones (excluding diaryl/α,β-unsaturated/α-hetero) is 1. The van der Waals surface area contributed by atoms with E-state index in [9.17, 15) is 21.6 Å².